The van der Waals surface area contributed by atoms with Crippen LogP contribution in [0.3, 0.4) is 0 Å². The standard InChI is InChI=1S/C9H9Cl2N3.ClH/c10-6-1-2-8(7(11)5-6)14-9-12-3-4-13-9;/h1-2,5H,3-4H2,(H2,12,13,14);1H. The average molecular weight is 267 g/mol. The molecule has 0 saturated carbocycles. The van der Waals surface area contributed by atoms with Crippen LogP contribution in [0.25, 0.3) is 0 Å². The lowest BCUT2D eigenvalue weighted by atomic mass is 10.3. The molecule has 0 unspecified atom stereocenters. The molecule has 0 fully saturated rings. The van der Waals surface area contributed by atoms with Gasteiger partial charge in [0.15, 0.2) is 5.96 Å². The smallest absolute Gasteiger partial charge is 0.195 e. The predicted octanol–water partition coefficient (Wildman–Crippen LogP) is 2.79. The van der Waals surface area contributed by atoms with Crippen LogP contribution in [0, 0.1) is 0 Å². The van der Waals surface area contributed by atoms with Gasteiger partial charge in [-0.15, -0.1) is 12.4 Å². The summed E-state index contributed by atoms with van der Waals surface area (Å²) in [5.74, 6) is 0.759. The summed E-state index contributed by atoms with van der Waals surface area (Å²) >= 11 is 11.8. The highest BCUT2D eigenvalue weighted by molar-refractivity contribution is 6.36. The Morgan fingerprint density at radius 1 is 1.33 bits per heavy atom. The summed E-state index contributed by atoms with van der Waals surface area (Å²) in [5, 5.41) is 7.40. The molecule has 0 amide bonds. The van der Waals surface area contributed by atoms with Crippen molar-refractivity contribution in [2.45, 2.75) is 0 Å². The quantitative estimate of drug-likeness (QED) is 0.820. The number of nitrogens with zero attached hydrogens (tertiary/aromatic N) is 1. The van der Waals surface area contributed by atoms with Crippen molar-refractivity contribution in [3.8, 4) is 0 Å². The van der Waals surface area contributed by atoms with E-state index >= 15 is 0 Å². The number of anilines is 1. The van der Waals surface area contributed by atoms with E-state index in [4.69, 9.17) is 23.2 Å². The molecule has 1 aliphatic rings. The fraction of sp³-hybridized carbons (Fsp3) is 0.222. The maximum Gasteiger partial charge on any atom is 0.195 e. The van der Waals surface area contributed by atoms with Crippen molar-refractivity contribution < 1.29 is 0 Å². The van der Waals surface area contributed by atoms with Gasteiger partial charge in [-0.3, -0.25) is 4.99 Å². The Bertz CT molecular complexity index is 379. The van der Waals surface area contributed by atoms with E-state index < -0.39 is 0 Å². The normalized spacial score (nSPS) is 13.9. The Balaban J connectivity index is 0.00000112. The maximum absolute atomic E-state index is 5.98. The van der Waals surface area contributed by atoms with Crippen molar-refractivity contribution in [3.63, 3.8) is 0 Å². The van der Waals surface area contributed by atoms with Crippen LogP contribution >= 0.6 is 35.6 Å². The number of nitrogens with one attached hydrogen (secondary N) is 2. The molecule has 0 bridgehead atoms. The highest BCUT2D eigenvalue weighted by Gasteiger charge is 2.07. The van der Waals surface area contributed by atoms with Crippen molar-refractivity contribution in [2.75, 3.05) is 18.4 Å². The molecule has 0 aliphatic carbocycles. The van der Waals surface area contributed by atoms with Gasteiger partial charge in [-0.2, -0.15) is 0 Å². The predicted molar refractivity (Wildman–Crippen MR) is 67.6 cm³/mol. The van der Waals surface area contributed by atoms with Crippen molar-refractivity contribution in [3.05, 3.63) is 28.2 Å². The topological polar surface area (TPSA) is 36.4 Å². The fourth-order valence-corrected chi connectivity index (χ4v) is 1.66. The summed E-state index contributed by atoms with van der Waals surface area (Å²) in [6.07, 6.45) is 0. The second-order valence-corrected chi connectivity index (χ2v) is 3.75. The first-order chi connectivity index (χ1) is 6.75. The van der Waals surface area contributed by atoms with Gasteiger partial charge in [0.2, 0.25) is 0 Å². The first kappa shape index (κ1) is 12.4. The molecular formula is C9H10Cl3N3. The van der Waals surface area contributed by atoms with E-state index in [1.807, 2.05) is 6.07 Å². The van der Waals surface area contributed by atoms with Gasteiger partial charge in [-0.05, 0) is 18.2 Å². The van der Waals surface area contributed by atoms with Crippen molar-refractivity contribution in [2.24, 2.45) is 4.99 Å². The van der Waals surface area contributed by atoms with Crippen molar-refractivity contribution in [1.29, 1.82) is 0 Å². The van der Waals surface area contributed by atoms with E-state index in [1.165, 1.54) is 0 Å². The third-order valence-electron chi connectivity index (χ3n) is 1.86. The highest BCUT2D eigenvalue weighted by atomic mass is 35.5. The zero-order valence-corrected chi connectivity index (χ0v) is 10.1. The molecule has 1 heterocycles. The summed E-state index contributed by atoms with van der Waals surface area (Å²) < 4.78 is 0. The van der Waals surface area contributed by atoms with Crippen LogP contribution in [0.5, 0.6) is 0 Å². The maximum atomic E-state index is 5.98. The van der Waals surface area contributed by atoms with Crippen LogP contribution in [0.15, 0.2) is 23.2 Å². The summed E-state index contributed by atoms with van der Waals surface area (Å²) in [4.78, 5) is 4.20. The molecule has 2 N–H and O–H groups in total. The Labute approximate surface area is 104 Å². The number of rotatable bonds is 1. The number of halogens is 3. The Morgan fingerprint density at radius 3 is 2.73 bits per heavy atom. The van der Waals surface area contributed by atoms with Crippen molar-refractivity contribution in [1.82, 2.24) is 5.32 Å². The van der Waals surface area contributed by atoms with Crippen LogP contribution in [-0.2, 0) is 0 Å². The molecule has 0 aromatic heterocycles. The third-order valence-corrected chi connectivity index (χ3v) is 2.41. The van der Waals surface area contributed by atoms with Gasteiger partial charge in [0.05, 0.1) is 17.3 Å². The van der Waals surface area contributed by atoms with E-state index in [9.17, 15) is 0 Å². The number of hydrogen-bond donors (Lipinski definition) is 2. The minimum Gasteiger partial charge on any atom is -0.354 e. The minimum atomic E-state index is 0. The van der Waals surface area contributed by atoms with Gasteiger partial charge >= 0.3 is 0 Å². The second-order valence-electron chi connectivity index (χ2n) is 2.91. The lowest BCUT2D eigenvalue weighted by Crippen LogP contribution is -2.26. The van der Waals surface area contributed by atoms with E-state index in [1.54, 1.807) is 12.1 Å². The molecule has 6 heteroatoms. The summed E-state index contributed by atoms with van der Waals surface area (Å²) in [5.41, 5.74) is 0.809. The Morgan fingerprint density at radius 2 is 2.13 bits per heavy atom. The molecule has 15 heavy (non-hydrogen) atoms. The Hall–Kier alpha value is -0.640. The molecule has 1 aromatic rings. The van der Waals surface area contributed by atoms with E-state index in [0.29, 0.717) is 10.0 Å². The van der Waals surface area contributed by atoms with Gasteiger partial charge in [-0.1, -0.05) is 23.2 Å². The van der Waals surface area contributed by atoms with Crippen molar-refractivity contribution >= 4 is 47.3 Å². The van der Waals surface area contributed by atoms with Gasteiger partial charge in [0.1, 0.15) is 0 Å². The molecule has 0 spiro atoms. The molecule has 0 atom stereocenters. The molecule has 82 valence electrons. The molecule has 0 saturated heterocycles. The third kappa shape index (κ3) is 3.16. The lowest BCUT2D eigenvalue weighted by molar-refractivity contribution is 0.959. The largest absolute Gasteiger partial charge is 0.354 e. The van der Waals surface area contributed by atoms with Crippen LogP contribution in [0.1, 0.15) is 0 Å². The zero-order chi connectivity index (χ0) is 9.97. The Kier molecular flexibility index (Phi) is 4.51. The van der Waals surface area contributed by atoms with Gasteiger partial charge in [-0.25, -0.2) is 0 Å². The SMILES string of the molecule is Cl.Clc1ccc(NC2=NCCN2)c(Cl)c1. The van der Waals surface area contributed by atoms with Crippen LogP contribution in [-0.4, -0.2) is 19.0 Å². The number of guanidine groups is 1. The van der Waals surface area contributed by atoms with Gasteiger partial charge in [0.25, 0.3) is 0 Å². The molecule has 1 aromatic carbocycles. The molecule has 0 radical (unpaired) electrons. The molecule has 1 aliphatic heterocycles. The number of hydrogen-bond acceptors (Lipinski definition) is 3. The highest BCUT2D eigenvalue weighted by Crippen LogP contribution is 2.25. The zero-order valence-electron chi connectivity index (χ0n) is 7.76. The van der Waals surface area contributed by atoms with Crippen LogP contribution in [0.2, 0.25) is 10.0 Å². The average Bonchev–Trinajstić information content (AvgIpc) is 2.62. The van der Waals surface area contributed by atoms with E-state index in [-0.39, 0.29) is 12.4 Å². The molecule has 2 rings (SSSR count). The fourth-order valence-electron chi connectivity index (χ4n) is 1.20. The summed E-state index contributed by atoms with van der Waals surface area (Å²) in [6.45, 7) is 1.67. The lowest BCUT2D eigenvalue weighted by Gasteiger charge is -2.08. The van der Waals surface area contributed by atoms with Gasteiger partial charge < -0.3 is 10.6 Å². The monoisotopic (exact) mass is 265 g/mol. The molecule has 3 nitrogen and oxygen atoms in total. The van der Waals surface area contributed by atoms with Gasteiger partial charge in [0, 0.05) is 11.6 Å². The second kappa shape index (κ2) is 5.45. The van der Waals surface area contributed by atoms with Crippen LogP contribution < -0.4 is 10.6 Å². The first-order valence-electron chi connectivity index (χ1n) is 4.26. The number of aliphatic imine (C=N–C) groups is 1. The van der Waals surface area contributed by atoms with E-state index in [0.717, 1.165) is 24.7 Å². The first-order valence-corrected chi connectivity index (χ1v) is 5.02. The van der Waals surface area contributed by atoms with Crippen LogP contribution in [0.4, 0.5) is 5.69 Å². The summed E-state index contributed by atoms with van der Waals surface area (Å²) in [6, 6.07) is 5.30. The minimum absolute atomic E-state index is 0. The number of benzene rings is 1. The molecular weight excluding hydrogens is 256 g/mol. The summed E-state index contributed by atoms with van der Waals surface area (Å²) in [7, 11) is 0. The van der Waals surface area contributed by atoms with E-state index in [2.05, 4.69) is 15.6 Å².